The minimum absolute atomic E-state index is 0.234. The minimum atomic E-state index is -0.234. The van der Waals surface area contributed by atoms with Crippen LogP contribution in [0.3, 0.4) is 0 Å². The summed E-state index contributed by atoms with van der Waals surface area (Å²) < 4.78 is 12.7. The second kappa shape index (κ2) is 4.19. The van der Waals surface area contributed by atoms with Crippen LogP contribution in [0.5, 0.6) is 0 Å². The number of hydrogen-bond acceptors (Lipinski definition) is 2. The molecule has 1 heterocycles. The van der Waals surface area contributed by atoms with E-state index in [0.29, 0.717) is 6.54 Å². The van der Waals surface area contributed by atoms with Gasteiger partial charge in [0.1, 0.15) is 5.82 Å². The van der Waals surface area contributed by atoms with Crippen molar-refractivity contribution in [3.05, 3.63) is 54.1 Å². The fraction of sp³-hybridized carbons (Fsp3) is 0.0833. The first kappa shape index (κ1) is 9.80. The summed E-state index contributed by atoms with van der Waals surface area (Å²) in [6, 6.07) is 8.25. The fourth-order valence-corrected chi connectivity index (χ4v) is 1.50. The molecule has 2 nitrogen and oxygen atoms in total. The highest BCUT2D eigenvalue weighted by Crippen LogP contribution is 2.22. The largest absolute Gasteiger partial charge is 0.326 e. The highest BCUT2D eigenvalue weighted by Gasteiger charge is 2.03. The predicted molar refractivity (Wildman–Crippen MR) is 57.5 cm³/mol. The van der Waals surface area contributed by atoms with Gasteiger partial charge in [-0.2, -0.15) is 0 Å². The van der Waals surface area contributed by atoms with E-state index in [0.717, 1.165) is 16.7 Å². The molecule has 2 N–H and O–H groups in total. The van der Waals surface area contributed by atoms with E-state index in [1.807, 2.05) is 6.07 Å². The van der Waals surface area contributed by atoms with Gasteiger partial charge in [-0.3, -0.25) is 4.98 Å². The molecular weight excluding hydrogens is 191 g/mol. The van der Waals surface area contributed by atoms with Crippen molar-refractivity contribution in [2.75, 3.05) is 0 Å². The Balaban J connectivity index is 2.49. The second-order valence-electron chi connectivity index (χ2n) is 3.24. The molecule has 2 rings (SSSR count). The van der Waals surface area contributed by atoms with Crippen molar-refractivity contribution in [1.82, 2.24) is 4.98 Å². The molecule has 0 saturated carbocycles. The van der Waals surface area contributed by atoms with Crippen LogP contribution >= 0.6 is 0 Å². The summed E-state index contributed by atoms with van der Waals surface area (Å²) in [5.74, 6) is -0.234. The van der Waals surface area contributed by atoms with Gasteiger partial charge in [0.25, 0.3) is 0 Å². The number of rotatable bonds is 2. The van der Waals surface area contributed by atoms with Gasteiger partial charge < -0.3 is 5.73 Å². The average molecular weight is 202 g/mol. The van der Waals surface area contributed by atoms with Gasteiger partial charge in [-0.1, -0.05) is 12.1 Å². The molecule has 3 heteroatoms. The van der Waals surface area contributed by atoms with Crippen LogP contribution in [0.1, 0.15) is 5.56 Å². The third-order valence-corrected chi connectivity index (χ3v) is 2.28. The van der Waals surface area contributed by atoms with Crippen molar-refractivity contribution in [2.45, 2.75) is 6.54 Å². The minimum Gasteiger partial charge on any atom is -0.326 e. The molecule has 2 aromatic rings. The first-order valence-electron chi connectivity index (χ1n) is 4.70. The molecular formula is C12H11FN2. The van der Waals surface area contributed by atoms with Gasteiger partial charge in [-0.15, -0.1) is 0 Å². The molecule has 0 unspecified atom stereocenters. The third kappa shape index (κ3) is 2.02. The van der Waals surface area contributed by atoms with Crippen molar-refractivity contribution >= 4 is 0 Å². The summed E-state index contributed by atoms with van der Waals surface area (Å²) in [4.78, 5) is 4.01. The monoisotopic (exact) mass is 202 g/mol. The molecule has 0 aliphatic rings. The zero-order valence-corrected chi connectivity index (χ0v) is 8.15. The van der Waals surface area contributed by atoms with Crippen LogP contribution < -0.4 is 5.73 Å². The van der Waals surface area contributed by atoms with Crippen LogP contribution in [0, 0.1) is 5.82 Å². The Kier molecular flexibility index (Phi) is 2.74. The molecule has 0 amide bonds. The normalized spacial score (nSPS) is 10.3. The van der Waals surface area contributed by atoms with Crippen LogP contribution in [0.25, 0.3) is 11.1 Å². The van der Waals surface area contributed by atoms with Gasteiger partial charge in [-0.05, 0) is 34.9 Å². The Hall–Kier alpha value is -1.74. The Morgan fingerprint density at radius 3 is 2.53 bits per heavy atom. The molecule has 0 bridgehead atoms. The number of hydrogen-bond donors (Lipinski definition) is 1. The number of nitrogens with zero attached hydrogens (tertiary/aromatic N) is 1. The Morgan fingerprint density at radius 2 is 1.87 bits per heavy atom. The van der Waals surface area contributed by atoms with Crippen molar-refractivity contribution in [2.24, 2.45) is 5.73 Å². The van der Waals surface area contributed by atoms with Crippen LogP contribution in [-0.4, -0.2) is 4.98 Å². The van der Waals surface area contributed by atoms with Crippen LogP contribution in [0.4, 0.5) is 4.39 Å². The van der Waals surface area contributed by atoms with Gasteiger partial charge in [0.05, 0.1) is 0 Å². The van der Waals surface area contributed by atoms with Gasteiger partial charge in [0, 0.05) is 18.9 Å². The standard InChI is InChI=1S/C12H11FN2/c13-11-3-1-9(2-4-11)12-5-6-15-8-10(12)7-14/h1-6,8H,7,14H2. The molecule has 0 atom stereocenters. The number of pyridine rings is 1. The zero-order chi connectivity index (χ0) is 10.7. The lowest BCUT2D eigenvalue weighted by Crippen LogP contribution is -1.99. The number of halogens is 1. The first-order valence-corrected chi connectivity index (χ1v) is 4.70. The quantitative estimate of drug-likeness (QED) is 0.811. The molecule has 1 aromatic carbocycles. The fourth-order valence-electron chi connectivity index (χ4n) is 1.50. The summed E-state index contributed by atoms with van der Waals surface area (Å²) in [7, 11) is 0. The van der Waals surface area contributed by atoms with E-state index in [4.69, 9.17) is 5.73 Å². The summed E-state index contributed by atoms with van der Waals surface area (Å²) >= 11 is 0. The molecule has 0 fully saturated rings. The number of benzene rings is 1. The van der Waals surface area contributed by atoms with E-state index < -0.39 is 0 Å². The SMILES string of the molecule is NCc1cnccc1-c1ccc(F)cc1. The van der Waals surface area contributed by atoms with Gasteiger partial charge in [0.2, 0.25) is 0 Å². The molecule has 1 aromatic heterocycles. The Morgan fingerprint density at radius 1 is 1.13 bits per heavy atom. The lowest BCUT2D eigenvalue weighted by atomic mass is 10.0. The maximum atomic E-state index is 12.7. The predicted octanol–water partition coefficient (Wildman–Crippen LogP) is 2.35. The summed E-state index contributed by atoms with van der Waals surface area (Å²) in [6.45, 7) is 0.431. The van der Waals surface area contributed by atoms with E-state index in [-0.39, 0.29) is 5.82 Å². The first-order chi connectivity index (χ1) is 7.31. The summed E-state index contributed by atoms with van der Waals surface area (Å²) in [5.41, 5.74) is 8.53. The van der Waals surface area contributed by atoms with E-state index in [1.54, 1.807) is 24.5 Å². The Labute approximate surface area is 87.6 Å². The third-order valence-electron chi connectivity index (χ3n) is 2.28. The summed E-state index contributed by atoms with van der Waals surface area (Å²) in [5, 5.41) is 0. The van der Waals surface area contributed by atoms with E-state index in [2.05, 4.69) is 4.98 Å². The smallest absolute Gasteiger partial charge is 0.123 e. The lowest BCUT2D eigenvalue weighted by Gasteiger charge is -2.06. The van der Waals surface area contributed by atoms with E-state index >= 15 is 0 Å². The number of nitrogens with two attached hydrogens (primary N) is 1. The molecule has 0 radical (unpaired) electrons. The van der Waals surface area contributed by atoms with Crippen LogP contribution in [-0.2, 0) is 6.54 Å². The topological polar surface area (TPSA) is 38.9 Å². The molecule has 0 aliphatic carbocycles. The van der Waals surface area contributed by atoms with Crippen molar-refractivity contribution in [1.29, 1.82) is 0 Å². The van der Waals surface area contributed by atoms with Crippen molar-refractivity contribution in [3.8, 4) is 11.1 Å². The van der Waals surface area contributed by atoms with Crippen molar-refractivity contribution in [3.63, 3.8) is 0 Å². The highest BCUT2D eigenvalue weighted by molar-refractivity contribution is 5.66. The van der Waals surface area contributed by atoms with Crippen LogP contribution in [0.2, 0.25) is 0 Å². The highest BCUT2D eigenvalue weighted by atomic mass is 19.1. The zero-order valence-electron chi connectivity index (χ0n) is 8.15. The molecule has 0 spiro atoms. The molecule has 0 saturated heterocycles. The average Bonchev–Trinajstić information content (AvgIpc) is 2.30. The van der Waals surface area contributed by atoms with Gasteiger partial charge in [0.15, 0.2) is 0 Å². The number of aromatic nitrogens is 1. The van der Waals surface area contributed by atoms with E-state index in [9.17, 15) is 4.39 Å². The maximum Gasteiger partial charge on any atom is 0.123 e. The second-order valence-corrected chi connectivity index (χ2v) is 3.24. The molecule has 0 aliphatic heterocycles. The summed E-state index contributed by atoms with van der Waals surface area (Å²) in [6.07, 6.45) is 3.44. The molecule has 15 heavy (non-hydrogen) atoms. The van der Waals surface area contributed by atoms with Gasteiger partial charge in [-0.25, -0.2) is 4.39 Å². The van der Waals surface area contributed by atoms with Gasteiger partial charge >= 0.3 is 0 Å². The van der Waals surface area contributed by atoms with Crippen LogP contribution in [0.15, 0.2) is 42.7 Å². The lowest BCUT2D eigenvalue weighted by molar-refractivity contribution is 0.628. The molecule has 76 valence electrons. The maximum absolute atomic E-state index is 12.7. The Bertz CT molecular complexity index is 451. The van der Waals surface area contributed by atoms with E-state index in [1.165, 1.54) is 12.1 Å². The van der Waals surface area contributed by atoms with Crippen molar-refractivity contribution < 1.29 is 4.39 Å².